The molecule has 0 heterocycles. The molecule has 3 heteroatoms. The number of benzene rings is 2. The molecule has 0 saturated carbocycles. The highest BCUT2D eigenvalue weighted by Gasteiger charge is 2.06. The molecule has 0 aromatic heterocycles. The Morgan fingerprint density at radius 3 is 2.59 bits per heavy atom. The Kier molecular flexibility index (Phi) is 3.28. The Labute approximate surface area is 99.8 Å². The third-order valence-corrected chi connectivity index (χ3v) is 2.69. The van der Waals surface area contributed by atoms with E-state index in [4.69, 9.17) is 10.5 Å². The first-order valence-corrected chi connectivity index (χ1v) is 5.36. The Balaban J connectivity index is 2.32. The highest BCUT2D eigenvalue weighted by molar-refractivity contribution is 5.52. The van der Waals surface area contributed by atoms with Crippen molar-refractivity contribution >= 4 is 5.69 Å². The van der Waals surface area contributed by atoms with Gasteiger partial charge in [-0.15, -0.1) is 0 Å². The summed E-state index contributed by atoms with van der Waals surface area (Å²) in [6, 6.07) is 12.1. The molecule has 17 heavy (non-hydrogen) atoms. The number of ether oxygens (including phenoxy) is 1. The van der Waals surface area contributed by atoms with Crippen LogP contribution in [0.3, 0.4) is 0 Å². The van der Waals surface area contributed by atoms with Gasteiger partial charge in [0.1, 0.15) is 11.6 Å². The summed E-state index contributed by atoms with van der Waals surface area (Å²) in [5.41, 5.74) is 8.01. The summed E-state index contributed by atoms with van der Waals surface area (Å²) in [5.74, 6) is 0.514. The molecule has 0 aliphatic rings. The van der Waals surface area contributed by atoms with Crippen molar-refractivity contribution < 1.29 is 9.13 Å². The molecule has 0 unspecified atom stereocenters. The zero-order chi connectivity index (χ0) is 12.3. The van der Waals surface area contributed by atoms with E-state index in [2.05, 4.69) is 0 Å². The largest absolute Gasteiger partial charge is 0.497 e. The van der Waals surface area contributed by atoms with Gasteiger partial charge in [-0.3, -0.25) is 0 Å². The van der Waals surface area contributed by atoms with Crippen LogP contribution in [0, 0.1) is 5.82 Å². The average Bonchev–Trinajstić information content (AvgIpc) is 2.35. The van der Waals surface area contributed by atoms with Crippen LogP contribution in [0.1, 0.15) is 11.1 Å². The van der Waals surface area contributed by atoms with E-state index in [1.54, 1.807) is 31.4 Å². The van der Waals surface area contributed by atoms with Gasteiger partial charge in [-0.05, 0) is 35.4 Å². The topological polar surface area (TPSA) is 35.2 Å². The van der Waals surface area contributed by atoms with Gasteiger partial charge in [0.25, 0.3) is 0 Å². The van der Waals surface area contributed by atoms with Crippen molar-refractivity contribution in [1.82, 2.24) is 0 Å². The van der Waals surface area contributed by atoms with E-state index in [-0.39, 0.29) is 5.82 Å². The minimum atomic E-state index is -0.213. The van der Waals surface area contributed by atoms with Crippen LogP contribution >= 0.6 is 0 Å². The van der Waals surface area contributed by atoms with Gasteiger partial charge in [-0.2, -0.15) is 0 Å². The summed E-state index contributed by atoms with van der Waals surface area (Å²) in [6.07, 6.45) is 0.468. The molecule has 0 aliphatic carbocycles. The van der Waals surface area contributed by atoms with E-state index < -0.39 is 0 Å². The minimum Gasteiger partial charge on any atom is -0.497 e. The lowest BCUT2D eigenvalue weighted by Gasteiger charge is -2.08. The van der Waals surface area contributed by atoms with Crippen LogP contribution in [0.4, 0.5) is 10.1 Å². The van der Waals surface area contributed by atoms with Crippen molar-refractivity contribution in [1.29, 1.82) is 0 Å². The number of halogens is 1. The summed E-state index contributed by atoms with van der Waals surface area (Å²) in [4.78, 5) is 0. The third-order valence-electron chi connectivity index (χ3n) is 2.69. The van der Waals surface area contributed by atoms with Gasteiger partial charge in [0.2, 0.25) is 0 Å². The molecule has 2 aromatic rings. The van der Waals surface area contributed by atoms with Crippen LogP contribution in [-0.4, -0.2) is 7.11 Å². The van der Waals surface area contributed by atoms with Crippen molar-refractivity contribution in [2.45, 2.75) is 6.42 Å². The van der Waals surface area contributed by atoms with E-state index in [0.29, 0.717) is 17.7 Å². The first-order valence-electron chi connectivity index (χ1n) is 5.36. The fourth-order valence-electron chi connectivity index (χ4n) is 1.71. The van der Waals surface area contributed by atoms with Gasteiger partial charge in [0, 0.05) is 12.1 Å². The molecule has 0 spiro atoms. The maximum Gasteiger partial charge on any atom is 0.126 e. The number of rotatable bonds is 3. The number of nitrogen functional groups attached to an aromatic ring is 1. The molecule has 2 nitrogen and oxygen atoms in total. The molecule has 2 N–H and O–H groups in total. The monoisotopic (exact) mass is 231 g/mol. The van der Waals surface area contributed by atoms with Crippen molar-refractivity contribution in [3.63, 3.8) is 0 Å². The normalized spacial score (nSPS) is 10.2. The van der Waals surface area contributed by atoms with E-state index in [0.717, 1.165) is 11.3 Å². The third kappa shape index (κ3) is 2.56. The van der Waals surface area contributed by atoms with Gasteiger partial charge in [0.15, 0.2) is 0 Å². The molecule has 0 radical (unpaired) electrons. The highest BCUT2D eigenvalue weighted by Crippen LogP contribution is 2.23. The molecule has 0 bridgehead atoms. The van der Waals surface area contributed by atoms with Gasteiger partial charge in [-0.1, -0.05) is 18.2 Å². The molecule has 0 saturated heterocycles. The van der Waals surface area contributed by atoms with Crippen LogP contribution in [0.15, 0.2) is 42.5 Å². The van der Waals surface area contributed by atoms with E-state index in [1.807, 2.05) is 12.1 Å². The lowest BCUT2D eigenvalue weighted by Crippen LogP contribution is -1.98. The fraction of sp³-hybridized carbons (Fsp3) is 0.143. The van der Waals surface area contributed by atoms with Crippen LogP contribution in [0.2, 0.25) is 0 Å². The lowest BCUT2D eigenvalue weighted by atomic mass is 10.0. The number of hydrogen-bond donors (Lipinski definition) is 1. The second kappa shape index (κ2) is 4.87. The van der Waals surface area contributed by atoms with Gasteiger partial charge in [0.05, 0.1) is 7.11 Å². The number of hydrogen-bond acceptors (Lipinski definition) is 2. The summed E-state index contributed by atoms with van der Waals surface area (Å²) in [7, 11) is 1.60. The van der Waals surface area contributed by atoms with Crippen LogP contribution in [0.5, 0.6) is 5.75 Å². The zero-order valence-electron chi connectivity index (χ0n) is 9.61. The van der Waals surface area contributed by atoms with Crippen LogP contribution < -0.4 is 10.5 Å². The number of anilines is 1. The average molecular weight is 231 g/mol. The molecule has 0 fully saturated rings. The molecule has 2 aromatic carbocycles. The quantitative estimate of drug-likeness (QED) is 0.824. The van der Waals surface area contributed by atoms with Gasteiger partial charge >= 0.3 is 0 Å². The van der Waals surface area contributed by atoms with E-state index in [9.17, 15) is 4.39 Å². The summed E-state index contributed by atoms with van der Waals surface area (Å²) in [5, 5.41) is 0. The number of nitrogens with two attached hydrogens (primary N) is 1. The van der Waals surface area contributed by atoms with Crippen molar-refractivity contribution in [2.24, 2.45) is 0 Å². The Hall–Kier alpha value is -2.03. The SMILES string of the molecule is COc1ccc(N)c(Cc2ccccc2F)c1. The van der Waals surface area contributed by atoms with Crippen LogP contribution in [-0.2, 0) is 6.42 Å². The Bertz CT molecular complexity index is 525. The first-order chi connectivity index (χ1) is 8.20. The predicted molar refractivity (Wildman–Crippen MR) is 66.6 cm³/mol. The molecule has 88 valence electrons. The second-order valence-corrected chi connectivity index (χ2v) is 3.83. The van der Waals surface area contributed by atoms with Gasteiger partial charge < -0.3 is 10.5 Å². The first kappa shape index (κ1) is 11.5. The molecule has 0 amide bonds. The smallest absolute Gasteiger partial charge is 0.126 e. The van der Waals surface area contributed by atoms with Crippen molar-refractivity contribution in [3.8, 4) is 5.75 Å². The Morgan fingerprint density at radius 2 is 1.88 bits per heavy atom. The molecular formula is C14H14FNO. The Morgan fingerprint density at radius 1 is 1.12 bits per heavy atom. The molecule has 0 aliphatic heterocycles. The standard InChI is InChI=1S/C14H14FNO/c1-17-12-6-7-14(16)11(9-12)8-10-4-2-3-5-13(10)15/h2-7,9H,8,16H2,1H3. The van der Waals surface area contributed by atoms with E-state index in [1.165, 1.54) is 6.07 Å². The summed E-state index contributed by atoms with van der Waals surface area (Å²) < 4.78 is 18.6. The molecule has 2 rings (SSSR count). The maximum atomic E-state index is 13.5. The molecular weight excluding hydrogens is 217 g/mol. The van der Waals surface area contributed by atoms with Crippen molar-refractivity contribution in [2.75, 3.05) is 12.8 Å². The van der Waals surface area contributed by atoms with Crippen LogP contribution in [0.25, 0.3) is 0 Å². The lowest BCUT2D eigenvalue weighted by molar-refractivity contribution is 0.414. The zero-order valence-corrected chi connectivity index (χ0v) is 9.61. The summed E-state index contributed by atoms with van der Waals surface area (Å²) in [6.45, 7) is 0. The van der Waals surface area contributed by atoms with Gasteiger partial charge in [-0.25, -0.2) is 4.39 Å². The van der Waals surface area contributed by atoms with E-state index >= 15 is 0 Å². The predicted octanol–water partition coefficient (Wildman–Crippen LogP) is 3.01. The minimum absolute atomic E-state index is 0.213. The highest BCUT2D eigenvalue weighted by atomic mass is 19.1. The van der Waals surface area contributed by atoms with Crippen molar-refractivity contribution in [3.05, 3.63) is 59.4 Å². The number of methoxy groups -OCH3 is 1. The molecule has 0 atom stereocenters. The fourth-order valence-corrected chi connectivity index (χ4v) is 1.71. The maximum absolute atomic E-state index is 13.5. The summed E-state index contributed by atoms with van der Waals surface area (Å²) >= 11 is 0. The second-order valence-electron chi connectivity index (χ2n) is 3.83.